The van der Waals surface area contributed by atoms with E-state index in [9.17, 15) is 4.79 Å². The van der Waals surface area contributed by atoms with Crippen LogP contribution in [0.2, 0.25) is 0 Å². The zero-order valence-electron chi connectivity index (χ0n) is 8.04. The summed E-state index contributed by atoms with van der Waals surface area (Å²) < 4.78 is 4.81. The van der Waals surface area contributed by atoms with Gasteiger partial charge in [0.15, 0.2) is 6.10 Å². The maximum absolute atomic E-state index is 10.5. The fraction of sp³-hybridized carbons (Fsp3) is 0.889. The fourth-order valence-electron chi connectivity index (χ4n) is 0.982. The summed E-state index contributed by atoms with van der Waals surface area (Å²) in [6.45, 7) is 4.22. The molecule has 0 heterocycles. The SMILES string of the molecule is CCC(C)CCC(OC)C(=O)O. The predicted molar refractivity (Wildman–Crippen MR) is 47.1 cm³/mol. The first-order valence-electron chi connectivity index (χ1n) is 4.37. The van der Waals surface area contributed by atoms with Crippen molar-refractivity contribution in [2.24, 2.45) is 5.92 Å². The van der Waals surface area contributed by atoms with Crippen molar-refractivity contribution < 1.29 is 14.6 Å². The van der Waals surface area contributed by atoms with Gasteiger partial charge in [0.25, 0.3) is 0 Å². The molecule has 0 aromatic carbocycles. The smallest absolute Gasteiger partial charge is 0.332 e. The molecule has 0 saturated carbocycles. The minimum Gasteiger partial charge on any atom is -0.479 e. The molecule has 0 aromatic heterocycles. The molecule has 0 fully saturated rings. The van der Waals surface area contributed by atoms with Crippen LogP contribution in [-0.4, -0.2) is 24.3 Å². The highest BCUT2D eigenvalue weighted by Gasteiger charge is 2.16. The molecule has 3 heteroatoms. The van der Waals surface area contributed by atoms with Gasteiger partial charge in [-0.15, -0.1) is 0 Å². The van der Waals surface area contributed by atoms with Crippen LogP contribution >= 0.6 is 0 Å². The van der Waals surface area contributed by atoms with Crippen LogP contribution in [-0.2, 0) is 9.53 Å². The van der Waals surface area contributed by atoms with Crippen LogP contribution in [0, 0.1) is 5.92 Å². The van der Waals surface area contributed by atoms with Gasteiger partial charge < -0.3 is 9.84 Å². The molecule has 1 N–H and O–H groups in total. The lowest BCUT2D eigenvalue weighted by molar-refractivity contribution is -0.149. The highest BCUT2D eigenvalue weighted by molar-refractivity contribution is 5.72. The molecular formula is C9H18O3. The maximum atomic E-state index is 10.5. The molecule has 0 amide bonds. The van der Waals surface area contributed by atoms with Crippen LogP contribution in [0.3, 0.4) is 0 Å². The van der Waals surface area contributed by atoms with Crippen LogP contribution in [0.25, 0.3) is 0 Å². The third kappa shape index (κ3) is 4.34. The molecule has 72 valence electrons. The normalized spacial score (nSPS) is 15.6. The van der Waals surface area contributed by atoms with Gasteiger partial charge in [0.2, 0.25) is 0 Å². The van der Waals surface area contributed by atoms with Gasteiger partial charge in [0.1, 0.15) is 0 Å². The second kappa shape index (κ2) is 6.00. The van der Waals surface area contributed by atoms with Crippen molar-refractivity contribution in [3.63, 3.8) is 0 Å². The fourth-order valence-corrected chi connectivity index (χ4v) is 0.982. The molecule has 0 aromatic rings. The molecule has 0 spiro atoms. The molecule has 12 heavy (non-hydrogen) atoms. The Kier molecular flexibility index (Phi) is 5.72. The standard InChI is InChI=1S/C9H18O3/c1-4-7(2)5-6-8(12-3)9(10)11/h7-8H,4-6H2,1-3H3,(H,10,11). The molecule has 0 saturated heterocycles. The van der Waals surface area contributed by atoms with Crippen molar-refractivity contribution >= 4 is 5.97 Å². The molecule has 0 aliphatic rings. The predicted octanol–water partition coefficient (Wildman–Crippen LogP) is 1.91. The van der Waals surface area contributed by atoms with Crippen molar-refractivity contribution in [2.75, 3.05) is 7.11 Å². The molecule has 2 atom stereocenters. The van der Waals surface area contributed by atoms with E-state index in [1.165, 1.54) is 7.11 Å². The number of ether oxygens (including phenoxy) is 1. The van der Waals surface area contributed by atoms with E-state index in [4.69, 9.17) is 9.84 Å². The van der Waals surface area contributed by atoms with E-state index in [-0.39, 0.29) is 0 Å². The van der Waals surface area contributed by atoms with E-state index in [2.05, 4.69) is 13.8 Å². The minimum atomic E-state index is -0.860. The van der Waals surface area contributed by atoms with Gasteiger partial charge in [0.05, 0.1) is 0 Å². The van der Waals surface area contributed by atoms with Crippen molar-refractivity contribution in [1.82, 2.24) is 0 Å². The molecule has 0 aliphatic carbocycles. The van der Waals surface area contributed by atoms with Crippen LogP contribution in [0.4, 0.5) is 0 Å². The summed E-state index contributed by atoms with van der Waals surface area (Å²) in [7, 11) is 1.44. The minimum absolute atomic E-state index is 0.585. The van der Waals surface area contributed by atoms with Crippen LogP contribution < -0.4 is 0 Å². The van der Waals surface area contributed by atoms with Gasteiger partial charge in [-0.3, -0.25) is 0 Å². The number of rotatable bonds is 6. The molecule has 3 nitrogen and oxygen atoms in total. The highest BCUT2D eigenvalue weighted by atomic mass is 16.5. The van der Waals surface area contributed by atoms with Gasteiger partial charge >= 0.3 is 5.97 Å². The highest BCUT2D eigenvalue weighted by Crippen LogP contribution is 2.12. The van der Waals surface area contributed by atoms with E-state index in [1.807, 2.05) is 0 Å². The summed E-state index contributed by atoms with van der Waals surface area (Å²) in [4.78, 5) is 10.5. The Balaban J connectivity index is 3.65. The Bertz CT molecular complexity index is 134. The lowest BCUT2D eigenvalue weighted by Crippen LogP contribution is -2.22. The number of carboxylic acids is 1. The van der Waals surface area contributed by atoms with Crippen molar-refractivity contribution in [3.8, 4) is 0 Å². The Morgan fingerprint density at radius 1 is 1.50 bits per heavy atom. The number of aliphatic carboxylic acids is 1. The van der Waals surface area contributed by atoms with E-state index in [1.54, 1.807) is 0 Å². The van der Waals surface area contributed by atoms with Crippen LogP contribution in [0.5, 0.6) is 0 Å². The van der Waals surface area contributed by atoms with Gasteiger partial charge in [-0.05, 0) is 18.8 Å². The Morgan fingerprint density at radius 3 is 2.42 bits per heavy atom. The molecular weight excluding hydrogens is 156 g/mol. The number of methoxy groups -OCH3 is 1. The van der Waals surface area contributed by atoms with Crippen LogP contribution in [0.1, 0.15) is 33.1 Å². The average molecular weight is 174 g/mol. The van der Waals surface area contributed by atoms with Crippen molar-refractivity contribution in [2.45, 2.75) is 39.2 Å². The van der Waals surface area contributed by atoms with E-state index in [0.29, 0.717) is 12.3 Å². The third-order valence-corrected chi connectivity index (χ3v) is 2.18. The summed E-state index contributed by atoms with van der Waals surface area (Å²) in [6, 6.07) is 0. The maximum Gasteiger partial charge on any atom is 0.332 e. The van der Waals surface area contributed by atoms with Crippen LogP contribution in [0.15, 0.2) is 0 Å². The summed E-state index contributed by atoms with van der Waals surface area (Å²) in [5, 5.41) is 8.63. The monoisotopic (exact) mass is 174 g/mol. The summed E-state index contributed by atoms with van der Waals surface area (Å²) in [6.07, 6.45) is 2.00. The number of carbonyl (C=O) groups is 1. The number of hydrogen-bond donors (Lipinski definition) is 1. The van der Waals surface area contributed by atoms with E-state index < -0.39 is 12.1 Å². The third-order valence-electron chi connectivity index (χ3n) is 2.18. The largest absolute Gasteiger partial charge is 0.479 e. The van der Waals surface area contributed by atoms with Gasteiger partial charge in [-0.1, -0.05) is 20.3 Å². The lowest BCUT2D eigenvalue weighted by atomic mass is 10.0. The quantitative estimate of drug-likeness (QED) is 0.669. The van der Waals surface area contributed by atoms with E-state index >= 15 is 0 Å². The van der Waals surface area contributed by atoms with Gasteiger partial charge in [-0.2, -0.15) is 0 Å². The molecule has 0 aliphatic heterocycles. The first-order valence-corrected chi connectivity index (χ1v) is 4.37. The Labute approximate surface area is 73.7 Å². The molecule has 0 rings (SSSR count). The van der Waals surface area contributed by atoms with Gasteiger partial charge in [0, 0.05) is 7.11 Å². The summed E-state index contributed by atoms with van der Waals surface area (Å²) in [5.74, 6) is -0.275. The lowest BCUT2D eigenvalue weighted by Gasteiger charge is -2.12. The van der Waals surface area contributed by atoms with E-state index in [0.717, 1.165) is 12.8 Å². The topological polar surface area (TPSA) is 46.5 Å². The Hall–Kier alpha value is -0.570. The number of carboxylic acid groups (broad SMARTS) is 1. The first kappa shape index (κ1) is 11.4. The zero-order chi connectivity index (χ0) is 9.56. The van der Waals surface area contributed by atoms with Crippen molar-refractivity contribution in [3.05, 3.63) is 0 Å². The van der Waals surface area contributed by atoms with Crippen molar-refractivity contribution in [1.29, 1.82) is 0 Å². The summed E-state index contributed by atoms with van der Waals surface area (Å²) in [5.41, 5.74) is 0. The molecule has 0 radical (unpaired) electrons. The zero-order valence-corrected chi connectivity index (χ0v) is 8.04. The number of hydrogen-bond acceptors (Lipinski definition) is 2. The average Bonchev–Trinajstić information content (AvgIpc) is 2.04. The van der Waals surface area contributed by atoms with Gasteiger partial charge in [-0.25, -0.2) is 4.79 Å². The second-order valence-electron chi connectivity index (χ2n) is 3.15. The Morgan fingerprint density at radius 2 is 2.08 bits per heavy atom. The first-order chi connectivity index (χ1) is 5.61. The second-order valence-corrected chi connectivity index (χ2v) is 3.15. The molecule has 2 unspecified atom stereocenters. The summed E-state index contributed by atoms with van der Waals surface area (Å²) >= 11 is 0. The molecule has 0 bridgehead atoms.